The summed E-state index contributed by atoms with van der Waals surface area (Å²) in [6, 6.07) is 1.58. The molecule has 0 unspecified atom stereocenters. The second-order valence-electron chi connectivity index (χ2n) is 3.67. The Morgan fingerprint density at radius 3 is 2.50 bits per heavy atom. The van der Waals surface area contributed by atoms with Gasteiger partial charge in [0.15, 0.2) is 0 Å². The molecule has 0 radical (unpaired) electrons. The van der Waals surface area contributed by atoms with Crippen LogP contribution in [-0.4, -0.2) is 37.5 Å². The molecule has 0 bridgehead atoms. The lowest BCUT2D eigenvalue weighted by atomic mass is 10.3. The first-order valence-electron chi connectivity index (χ1n) is 5.49. The van der Waals surface area contributed by atoms with Gasteiger partial charge in [0.1, 0.15) is 4.90 Å². The van der Waals surface area contributed by atoms with E-state index in [-0.39, 0.29) is 18.0 Å². The lowest BCUT2D eigenvalue weighted by molar-refractivity contribution is 0.252. The molecule has 8 heteroatoms. The molecule has 0 fully saturated rings. The predicted molar refractivity (Wildman–Crippen MR) is 80.5 cm³/mol. The zero-order valence-corrected chi connectivity index (χ0v) is 14.7. The third kappa shape index (κ3) is 4.01. The highest BCUT2D eigenvalue weighted by Gasteiger charge is 2.27. The standard InChI is InChI=1S/C10H15Br2NO3S2/c1-2-3-4-13(5-6-14)18(15,16)8-7-9(11)17-10(8)12/h7,14H,2-6H2,1H3. The van der Waals surface area contributed by atoms with E-state index in [1.807, 2.05) is 6.92 Å². The van der Waals surface area contributed by atoms with Gasteiger partial charge in [0.25, 0.3) is 0 Å². The zero-order valence-electron chi connectivity index (χ0n) is 9.90. The number of hydrogen-bond acceptors (Lipinski definition) is 4. The Morgan fingerprint density at radius 1 is 1.39 bits per heavy atom. The molecule has 4 nitrogen and oxygen atoms in total. The molecule has 0 aromatic carbocycles. The first kappa shape index (κ1) is 16.6. The molecule has 1 aromatic rings. The van der Waals surface area contributed by atoms with Gasteiger partial charge in [0.05, 0.1) is 14.2 Å². The van der Waals surface area contributed by atoms with E-state index < -0.39 is 10.0 Å². The molecule has 0 aliphatic rings. The topological polar surface area (TPSA) is 57.6 Å². The van der Waals surface area contributed by atoms with E-state index in [1.54, 1.807) is 6.07 Å². The van der Waals surface area contributed by atoms with Crippen molar-refractivity contribution in [3.8, 4) is 0 Å². The molecule has 0 saturated heterocycles. The summed E-state index contributed by atoms with van der Waals surface area (Å²) in [7, 11) is -3.54. The maximum atomic E-state index is 12.4. The summed E-state index contributed by atoms with van der Waals surface area (Å²) < 4.78 is 27.5. The van der Waals surface area contributed by atoms with Crippen LogP contribution in [0.4, 0.5) is 0 Å². The summed E-state index contributed by atoms with van der Waals surface area (Å²) in [6.07, 6.45) is 1.69. The monoisotopic (exact) mass is 419 g/mol. The fourth-order valence-electron chi connectivity index (χ4n) is 1.44. The average Bonchev–Trinajstić information content (AvgIpc) is 2.64. The zero-order chi connectivity index (χ0) is 13.8. The predicted octanol–water partition coefficient (Wildman–Crippen LogP) is 3.06. The van der Waals surface area contributed by atoms with Gasteiger partial charge in [-0.1, -0.05) is 13.3 Å². The van der Waals surface area contributed by atoms with Gasteiger partial charge in [-0.2, -0.15) is 4.31 Å². The lowest BCUT2D eigenvalue weighted by Gasteiger charge is -2.20. The van der Waals surface area contributed by atoms with Crippen molar-refractivity contribution < 1.29 is 13.5 Å². The van der Waals surface area contributed by atoms with Gasteiger partial charge >= 0.3 is 0 Å². The van der Waals surface area contributed by atoms with Gasteiger partial charge in [-0.15, -0.1) is 11.3 Å². The third-order valence-corrected chi connectivity index (χ3v) is 7.01. The normalized spacial score (nSPS) is 12.3. The maximum absolute atomic E-state index is 12.4. The van der Waals surface area contributed by atoms with Gasteiger partial charge in [-0.05, 0) is 44.3 Å². The number of sulfonamides is 1. The Hall–Kier alpha value is 0.530. The van der Waals surface area contributed by atoms with Crippen LogP contribution in [0.2, 0.25) is 0 Å². The van der Waals surface area contributed by atoms with E-state index in [4.69, 9.17) is 5.11 Å². The van der Waals surface area contributed by atoms with Crippen molar-refractivity contribution in [2.75, 3.05) is 19.7 Å². The minimum Gasteiger partial charge on any atom is -0.395 e. The summed E-state index contributed by atoms with van der Waals surface area (Å²) in [5, 5.41) is 9.00. The first-order chi connectivity index (χ1) is 8.43. The van der Waals surface area contributed by atoms with Crippen molar-refractivity contribution >= 4 is 53.2 Å². The molecular formula is C10H15Br2NO3S2. The quantitative estimate of drug-likeness (QED) is 0.737. The molecule has 0 saturated carbocycles. The lowest BCUT2D eigenvalue weighted by Crippen LogP contribution is -2.34. The van der Waals surface area contributed by atoms with E-state index in [0.29, 0.717) is 10.3 Å². The molecule has 0 aliphatic heterocycles. The van der Waals surface area contributed by atoms with Crippen LogP contribution in [0, 0.1) is 0 Å². The fourth-order valence-corrected chi connectivity index (χ4v) is 6.67. The molecule has 1 N–H and O–H groups in total. The summed E-state index contributed by atoms with van der Waals surface area (Å²) in [5.41, 5.74) is 0. The van der Waals surface area contributed by atoms with E-state index in [9.17, 15) is 8.42 Å². The minimum atomic E-state index is -3.54. The van der Waals surface area contributed by atoms with Crippen LogP contribution in [0.15, 0.2) is 18.5 Å². The van der Waals surface area contributed by atoms with E-state index in [1.165, 1.54) is 15.6 Å². The molecule has 0 aliphatic carbocycles. The Morgan fingerprint density at radius 2 is 2.06 bits per heavy atom. The first-order valence-corrected chi connectivity index (χ1v) is 9.33. The molecular weight excluding hydrogens is 406 g/mol. The van der Waals surface area contributed by atoms with Crippen molar-refractivity contribution in [2.24, 2.45) is 0 Å². The van der Waals surface area contributed by atoms with Crippen LogP contribution in [0.3, 0.4) is 0 Å². The number of unbranched alkanes of at least 4 members (excludes halogenated alkanes) is 1. The molecule has 0 atom stereocenters. The van der Waals surface area contributed by atoms with Gasteiger partial charge in [0.2, 0.25) is 10.0 Å². The van der Waals surface area contributed by atoms with Crippen molar-refractivity contribution in [3.63, 3.8) is 0 Å². The van der Waals surface area contributed by atoms with Gasteiger partial charge in [-0.25, -0.2) is 8.42 Å². The second-order valence-corrected chi connectivity index (χ2v) is 9.33. The Bertz CT molecular complexity index is 487. The number of rotatable bonds is 7. The molecule has 1 aromatic heterocycles. The average molecular weight is 421 g/mol. The molecule has 1 heterocycles. The van der Waals surface area contributed by atoms with Crippen LogP contribution in [0.25, 0.3) is 0 Å². The summed E-state index contributed by atoms with van der Waals surface area (Å²) >= 11 is 7.85. The van der Waals surface area contributed by atoms with Gasteiger partial charge in [-0.3, -0.25) is 0 Å². The SMILES string of the molecule is CCCCN(CCO)S(=O)(=O)c1cc(Br)sc1Br. The fraction of sp³-hybridized carbons (Fsp3) is 0.600. The van der Waals surface area contributed by atoms with Crippen LogP contribution in [0.1, 0.15) is 19.8 Å². The van der Waals surface area contributed by atoms with Crippen molar-refractivity contribution in [1.82, 2.24) is 4.31 Å². The third-order valence-electron chi connectivity index (χ3n) is 2.35. The Labute approximate surface area is 128 Å². The second kappa shape index (κ2) is 7.35. The number of thiophene rings is 1. The Kier molecular flexibility index (Phi) is 6.77. The minimum absolute atomic E-state index is 0.127. The highest BCUT2D eigenvalue weighted by molar-refractivity contribution is 9.12. The van der Waals surface area contributed by atoms with Crippen molar-refractivity contribution in [1.29, 1.82) is 0 Å². The van der Waals surface area contributed by atoms with E-state index in [2.05, 4.69) is 31.9 Å². The van der Waals surface area contributed by atoms with Gasteiger partial charge < -0.3 is 5.11 Å². The largest absolute Gasteiger partial charge is 0.395 e. The summed E-state index contributed by atoms with van der Waals surface area (Å²) in [5.74, 6) is 0. The van der Waals surface area contributed by atoms with Gasteiger partial charge in [0, 0.05) is 13.1 Å². The van der Waals surface area contributed by atoms with Crippen LogP contribution >= 0.6 is 43.2 Å². The van der Waals surface area contributed by atoms with Crippen molar-refractivity contribution in [3.05, 3.63) is 13.6 Å². The molecule has 0 amide bonds. The van der Waals surface area contributed by atoms with Crippen molar-refractivity contribution in [2.45, 2.75) is 24.7 Å². The molecule has 104 valence electrons. The number of hydrogen-bond donors (Lipinski definition) is 1. The number of halogens is 2. The Balaban J connectivity index is 3.04. The molecule has 1 rings (SSSR count). The summed E-state index contributed by atoms with van der Waals surface area (Å²) in [6.45, 7) is 2.38. The smallest absolute Gasteiger partial charge is 0.245 e. The maximum Gasteiger partial charge on any atom is 0.245 e. The number of nitrogens with zero attached hydrogens (tertiary/aromatic N) is 1. The number of aliphatic hydroxyl groups excluding tert-OH is 1. The highest BCUT2D eigenvalue weighted by atomic mass is 79.9. The molecule has 18 heavy (non-hydrogen) atoms. The van der Waals surface area contributed by atoms with Crippen LogP contribution in [-0.2, 0) is 10.0 Å². The van der Waals surface area contributed by atoms with E-state index in [0.717, 1.165) is 16.6 Å². The highest BCUT2D eigenvalue weighted by Crippen LogP contribution is 2.36. The number of aliphatic hydroxyl groups is 1. The van der Waals surface area contributed by atoms with Crippen LogP contribution < -0.4 is 0 Å². The summed E-state index contributed by atoms with van der Waals surface area (Å²) in [4.78, 5) is 0.254. The van der Waals surface area contributed by atoms with E-state index >= 15 is 0 Å². The van der Waals surface area contributed by atoms with Crippen LogP contribution in [0.5, 0.6) is 0 Å². The molecule has 0 spiro atoms.